The number of pyridine rings is 1. The maximum absolute atomic E-state index is 12.1. The minimum atomic E-state index is 0.0972. The highest BCUT2D eigenvalue weighted by Crippen LogP contribution is 2.09. The van der Waals surface area contributed by atoms with Gasteiger partial charge in [-0.05, 0) is 11.5 Å². The third kappa shape index (κ3) is 4.37. The second-order valence-electron chi connectivity index (χ2n) is 5.35. The smallest absolute Gasteiger partial charge is 0.212 e. The molecule has 0 bridgehead atoms. The molecular weight excluding hydrogens is 268 g/mol. The summed E-state index contributed by atoms with van der Waals surface area (Å²) in [5.74, 6) is 1.82. The number of hydrogen-bond acceptors (Lipinski definition) is 5. The Kier molecular flexibility index (Phi) is 5.03. The molecule has 0 atom stereocenters. The van der Waals surface area contributed by atoms with E-state index in [-0.39, 0.29) is 5.78 Å². The summed E-state index contributed by atoms with van der Waals surface area (Å²) >= 11 is 0. The van der Waals surface area contributed by atoms with Crippen LogP contribution in [0.25, 0.3) is 0 Å². The molecule has 112 valence electrons. The fraction of sp³-hybridized carbons (Fsp3) is 0.467. The van der Waals surface area contributed by atoms with Crippen molar-refractivity contribution in [2.45, 2.75) is 33.2 Å². The van der Waals surface area contributed by atoms with Gasteiger partial charge in [0.15, 0.2) is 0 Å². The summed E-state index contributed by atoms with van der Waals surface area (Å²) in [5.41, 5.74) is 0.871. The Balaban J connectivity index is 1.96. The van der Waals surface area contributed by atoms with Crippen LogP contribution in [0.2, 0.25) is 0 Å². The second-order valence-corrected chi connectivity index (χ2v) is 5.35. The van der Waals surface area contributed by atoms with Crippen LogP contribution in [-0.4, -0.2) is 32.6 Å². The number of aromatic nitrogens is 4. The average molecular weight is 288 g/mol. The fourth-order valence-electron chi connectivity index (χ4n) is 2.03. The van der Waals surface area contributed by atoms with Crippen LogP contribution in [0.4, 0.5) is 0 Å². The monoisotopic (exact) mass is 288 g/mol. The normalized spacial score (nSPS) is 10.9. The number of carbonyl (C=O) groups is 1. The molecular formula is C15H20N4O2. The number of ketones is 1. The lowest BCUT2D eigenvalue weighted by molar-refractivity contribution is -0.118. The lowest BCUT2D eigenvalue weighted by atomic mass is 10.1. The summed E-state index contributed by atoms with van der Waals surface area (Å²) in [7, 11) is 1.56. The first-order chi connectivity index (χ1) is 10.1. The van der Waals surface area contributed by atoms with Crippen LogP contribution >= 0.6 is 0 Å². The van der Waals surface area contributed by atoms with Crippen LogP contribution in [0, 0.1) is 5.92 Å². The van der Waals surface area contributed by atoms with E-state index in [1.54, 1.807) is 24.1 Å². The molecule has 0 unspecified atom stereocenters. The molecule has 6 heteroatoms. The molecule has 0 N–H and O–H groups in total. The first-order valence-electron chi connectivity index (χ1n) is 6.95. The average Bonchev–Trinajstić information content (AvgIpc) is 2.86. The van der Waals surface area contributed by atoms with Crippen LogP contribution in [-0.2, 0) is 24.2 Å². The second kappa shape index (κ2) is 6.97. The predicted octanol–water partition coefficient (Wildman–Crippen LogP) is 1.69. The highest BCUT2D eigenvalue weighted by Gasteiger charge is 2.12. The van der Waals surface area contributed by atoms with Gasteiger partial charge in [-0.2, -0.15) is 5.10 Å². The number of methoxy groups -OCH3 is 1. The van der Waals surface area contributed by atoms with Crippen LogP contribution in [0.5, 0.6) is 5.88 Å². The van der Waals surface area contributed by atoms with Gasteiger partial charge in [0.1, 0.15) is 17.9 Å². The Morgan fingerprint density at radius 2 is 2.10 bits per heavy atom. The molecule has 0 radical (unpaired) electrons. The summed E-state index contributed by atoms with van der Waals surface area (Å²) in [5, 5.41) is 4.16. The zero-order valence-electron chi connectivity index (χ0n) is 12.6. The van der Waals surface area contributed by atoms with Gasteiger partial charge in [-0.15, -0.1) is 0 Å². The van der Waals surface area contributed by atoms with E-state index in [2.05, 4.69) is 28.9 Å². The quantitative estimate of drug-likeness (QED) is 0.775. The van der Waals surface area contributed by atoms with Gasteiger partial charge in [0.25, 0.3) is 0 Å². The molecule has 0 saturated heterocycles. The van der Waals surface area contributed by atoms with Gasteiger partial charge in [-0.25, -0.2) is 14.6 Å². The molecule has 6 nitrogen and oxygen atoms in total. The van der Waals surface area contributed by atoms with E-state index in [1.165, 1.54) is 6.33 Å². The van der Waals surface area contributed by atoms with Gasteiger partial charge >= 0.3 is 0 Å². The summed E-state index contributed by atoms with van der Waals surface area (Å²) < 4.78 is 6.79. The third-order valence-corrected chi connectivity index (χ3v) is 3.00. The minimum Gasteiger partial charge on any atom is -0.481 e. The Labute approximate surface area is 124 Å². The molecule has 0 spiro atoms. The van der Waals surface area contributed by atoms with Crippen molar-refractivity contribution in [2.24, 2.45) is 5.92 Å². The summed E-state index contributed by atoms with van der Waals surface area (Å²) in [6.45, 7) is 4.99. The van der Waals surface area contributed by atoms with Gasteiger partial charge in [-0.1, -0.05) is 19.9 Å². The largest absolute Gasteiger partial charge is 0.481 e. The Hall–Kier alpha value is -2.24. The molecule has 0 aliphatic heterocycles. The third-order valence-electron chi connectivity index (χ3n) is 3.00. The number of nitrogens with zero attached hydrogens (tertiary/aromatic N) is 4. The number of Topliss-reactive ketones (excluding diaryl/α,β-unsaturated/α-hetero) is 1. The zero-order valence-corrected chi connectivity index (χ0v) is 12.6. The van der Waals surface area contributed by atoms with Crippen molar-refractivity contribution in [2.75, 3.05) is 7.11 Å². The van der Waals surface area contributed by atoms with Crippen molar-refractivity contribution >= 4 is 5.78 Å². The minimum absolute atomic E-state index is 0.0972. The standard InChI is InChI=1S/C15H20N4O2/c1-11(2)9-19-14(17-10-18-19)7-13(20)6-12-4-5-15(21-3)16-8-12/h4-5,8,10-11H,6-7,9H2,1-3H3. The lowest BCUT2D eigenvalue weighted by Crippen LogP contribution is -2.15. The van der Waals surface area contributed by atoms with Crippen LogP contribution in [0.3, 0.4) is 0 Å². The van der Waals surface area contributed by atoms with Crippen molar-refractivity contribution in [3.8, 4) is 5.88 Å². The predicted molar refractivity (Wildman–Crippen MR) is 78.1 cm³/mol. The van der Waals surface area contributed by atoms with Gasteiger partial charge in [0.05, 0.1) is 13.5 Å². The molecule has 21 heavy (non-hydrogen) atoms. The van der Waals surface area contributed by atoms with Crippen LogP contribution in [0.1, 0.15) is 25.2 Å². The number of hydrogen-bond donors (Lipinski definition) is 0. The fourth-order valence-corrected chi connectivity index (χ4v) is 2.03. The topological polar surface area (TPSA) is 69.9 Å². The molecule has 2 aromatic rings. The van der Waals surface area contributed by atoms with E-state index in [4.69, 9.17) is 4.74 Å². The molecule has 2 aromatic heterocycles. The molecule has 0 aliphatic rings. The highest BCUT2D eigenvalue weighted by molar-refractivity contribution is 5.82. The molecule has 2 heterocycles. The number of rotatable bonds is 7. The van der Waals surface area contributed by atoms with E-state index in [1.807, 2.05) is 6.07 Å². The van der Waals surface area contributed by atoms with E-state index in [0.717, 1.165) is 17.9 Å². The van der Waals surface area contributed by atoms with Gasteiger partial charge in [0, 0.05) is 25.2 Å². The summed E-state index contributed by atoms with van der Waals surface area (Å²) in [6, 6.07) is 3.60. The van der Waals surface area contributed by atoms with E-state index in [9.17, 15) is 4.79 Å². The summed E-state index contributed by atoms with van der Waals surface area (Å²) in [4.78, 5) is 20.4. The number of carbonyl (C=O) groups excluding carboxylic acids is 1. The van der Waals surface area contributed by atoms with E-state index >= 15 is 0 Å². The van der Waals surface area contributed by atoms with E-state index in [0.29, 0.717) is 24.6 Å². The van der Waals surface area contributed by atoms with Crippen molar-refractivity contribution in [3.05, 3.63) is 36.0 Å². The van der Waals surface area contributed by atoms with Crippen molar-refractivity contribution in [3.63, 3.8) is 0 Å². The zero-order chi connectivity index (χ0) is 15.2. The maximum atomic E-state index is 12.1. The van der Waals surface area contributed by atoms with Crippen molar-refractivity contribution in [1.82, 2.24) is 19.7 Å². The van der Waals surface area contributed by atoms with Gasteiger partial charge in [0.2, 0.25) is 5.88 Å². The molecule has 2 rings (SSSR count). The Morgan fingerprint density at radius 3 is 2.71 bits per heavy atom. The summed E-state index contributed by atoms with van der Waals surface area (Å²) in [6.07, 6.45) is 3.79. The van der Waals surface area contributed by atoms with E-state index < -0.39 is 0 Å². The van der Waals surface area contributed by atoms with Gasteiger partial charge in [-0.3, -0.25) is 4.79 Å². The van der Waals surface area contributed by atoms with Crippen molar-refractivity contribution < 1.29 is 9.53 Å². The Morgan fingerprint density at radius 1 is 1.29 bits per heavy atom. The van der Waals surface area contributed by atoms with Crippen LogP contribution in [0.15, 0.2) is 24.7 Å². The Bertz CT molecular complexity index is 590. The van der Waals surface area contributed by atoms with Gasteiger partial charge < -0.3 is 4.74 Å². The first kappa shape index (κ1) is 15.2. The number of ether oxygens (including phenoxy) is 1. The van der Waals surface area contributed by atoms with Crippen molar-refractivity contribution in [1.29, 1.82) is 0 Å². The lowest BCUT2D eigenvalue weighted by Gasteiger charge is -2.08. The molecule has 0 aromatic carbocycles. The molecule has 0 saturated carbocycles. The maximum Gasteiger partial charge on any atom is 0.212 e. The SMILES string of the molecule is COc1ccc(CC(=O)Cc2ncnn2CC(C)C)cn1. The molecule has 0 fully saturated rings. The highest BCUT2D eigenvalue weighted by atomic mass is 16.5. The van der Waals surface area contributed by atoms with Crippen LogP contribution < -0.4 is 4.74 Å². The molecule has 0 aliphatic carbocycles. The first-order valence-corrected chi connectivity index (χ1v) is 6.95. The molecule has 0 amide bonds.